The summed E-state index contributed by atoms with van der Waals surface area (Å²) in [5.41, 5.74) is 2.01. The Morgan fingerprint density at radius 3 is 2.68 bits per heavy atom. The van der Waals surface area contributed by atoms with Crippen LogP contribution in [0, 0.1) is 35.5 Å². The van der Waals surface area contributed by atoms with Gasteiger partial charge in [0.15, 0.2) is 0 Å². The van der Waals surface area contributed by atoms with Crippen molar-refractivity contribution >= 4 is 5.97 Å². The molecule has 104 valence electrons. The number of esters is 1. The van der Waals surface area contributed by atoms with Crippen LogP contribution in [0.15, 0.2) is 23.3 Å². The molecule has 0 aliphatic heterocycles. The van der Waals surface area contributed by atoms with Gasteiger partial charge in [-0.2, -0.15) is 0 Å². The Hall–Kier alpha value is -1.09. The predicted octanol–water partition coefficient (Wildman–Crippen LogP) is 2.17. The van der Waals surface area contributed by atoms with Gasteiger partial charge in [0, 0.05) is 11.5 Å². The fourth-order valence-electron chi connectivity index (χ4n) is 4.72. The highest BCUT2D eigenvalue weighted by Gasteiger charge is 2.56. The second-order valence-corrected chi connectivity index (χ2v) is 6.36. The summed E-state index contributed by atoms with van der Waals surface area (Å²) in [5, 5.41) is 9.79. The lowest BCUT2D eigenvalue weighted by Crippen LogP contribution is -2.26. The van der Waals surface area contributed by atoms with Gasteiger partial charge in [0.25, 0.3) is 0 Å². The molecular weight excluding hydrogens is 240 g/mol. The van der Waals surface area contributed by atoms with Gasteiger partial charge in [-0.3, -0.25) is 0 Å². The third-order valence-electron chi connectivity index (χ3n) is 5.25. The smallest absolute Gasteiger partial charge is 0.334 e. The summed E-state index contributed by atoms with van der Waals surface area (Å²) in [4.78, 5) is 12.2. The molecule has 3 heteroatoms. The highest BCUT2D eigenvalue weighted by atomic mass is 16.5. The summed E-state index contributed by atoms with van der Waals surface area (Å²) < 4.78 is 4.97. The monoisotopic (exact) mass is 262 g/mol. The minimum Gasteiger partial charge on any atom is -0.466 e. The minimum absolute atomic E-state index is 0.0326. The fourth-order valence-corrected chi connectivity index (χ4v) is 4.72. The molecule has 3 aliphatic rings. The Labute approximate surface area is 114 Å². The first-order chi connectivity index (χ1) is 9.10. The van der Waals surface area contributed by atoms with E-state index in [0.717, 1.165) is 5.57 Å². The first-order valence-electron chi connectivity index (χ1n) is 7.21. The number of carbonyl (C=O) groups is 1. The van der Waals surface area contributed by atoms with Crippen LogP contribution < -0.4 is 0 Å². The molecule has 0 aromatic heterocycles. The summed E-state index contributed by atoms with van der Waals surface area (Å²) in [6, 6.07) is 0. The van der Waals surface area contributed by atoms with Gasteiger partial charge in [0.05, 0.1) is 13.7 Å². The number of aliphatic hydroxyl groups excluding tert-OH is 1. The van der Waals surface area contributed by atoms with Crippen molar-refractivity contribution in [3.8, 4) is 0 Å². The largest absolute Gasteiger partial charge is 0.466 e. The molecule has 3 nitrogen and oxygen atoms in total. The lowest BCUT2D eigenvalue weighted by Gasteiger charge is -2.27. The molecule has 5 atom stereocenters. The maximum absolute atomic E-state index is 12.2. The number of fused-ring (bicyclic) bond motifs is 5. The van der Waals surface area contributed by atoms with Crippen LogP contribution in [0.4, 0.5) is 0 Å². The Balaban J connectivity index is 2.09. The summed E-state index contributed by atoms with van der Waals surface area (Å²) in [5.74, 6) is 2.01. The molecular formula is C16H22O3. The van der Waals surface area contributed by atoms with Crippen molar-refractivity contribution in [1.82, 2.24) is 0 Å². The van der Waals surface area contributed by atoms with Crippen molar-refractivity contribution < 1.29 is 14.6 Å². The lowest BCUT2D eigenvalue weighted by molar-refractivity contribution is -0.137. The van der Waals surface area contributed by atoms with Crippen LogP contribution in [0.3, 0.4) is 0 Å². The molecule has 1 saturated carbocycles. The molecule has 19 heavy (non-hydrogen) atoms. The van der Waals surface area contributed by atoms with Crippen molar-refractivity contribution in [2.45, 2.75) is 20.3 Å². The molecule has 0 radical (unpaired) electrons. The van der Waals surface area contributed by atoms with Crippen molar-refractivity contribution in [3.63, 3.8) is 0 Å². The van der Waals surface area contributed by atoms with Crippen molar-refractivity contribution in [2.24, 2.45) is 35.5 Å². The summed E-state index contributed by atoms with van der Waals surface area (Å²) in [7, 11) is 1.43. The number of carbonyl (C=O) groups excluding carboxylic acids is 1. The van der Waals surface area contributed by atoms with Gasteiger partial charge in [-0.25, -0.2) is 4.79 Å². The molecule has 0 saturated heterocycles. The Morgan fingerprint density at radius 2 is 2.11 bits per heavy atom. The molecule has 0 unspecified atom stereocenters. The van der Waals surface area contributed by atoms with Gasteiger partial charge in [-0.15, -0.1) is 0 Å². The number of allylic oxidation sites excluding steroid dienone is 3. The van der Waals surface area contributed by atoms with E-state index in [0.29, 0.717) is 29.6 Å². The van der Waals surface area contributed by atoms with Crippen LogP contribution in [0.2, 0.25) is 0 Å². The van der Waals surface area contributed by atoms with Gasteiger partial charge < -0.3 is 9.84 Å². The zero-order valence-electron chi connectivity index (χ0n) is 11.8. The van der Waals surface area contributed by atoms with Gasteiger partial charge in [-0.05, 0) is 36.0 Å². The minimum atomic E-state index is -0.239. The fraction of sp³-hybridized carbons (Fsp3) is 0.688. The van der Waals surface area contributed by atoms with E-state index in [2.05, 4.69) is 26.0 Å². The van der Waals surface area contributed by atoms with E-state index in [1.54, 1.807) is 0 Å². The van der Waals surface area contributed by atoms with Crippen molar-refractivity contribution in [1.29, 1.82) is 0 Å². The number of aliphatic hydroxyl groups is 1. The SMILES string of the molecule is COC(=O)C1=C(C(C)C)[C@H]2[C@H]([C@H]3C=C[C@@H]2C3)[C@H]1CO. The average Bonchev–Trinajstić information content (AvgIpc) is 3.06. The van der Waals surface area contributed by atoms with Gasteiger partial charge >= 0.3 is 5.97 Å². The molecule has 3 rings (SSSR count). The third-order valence-corrected chi connectivity index (χ3v) is 5.25. The highest BCUT2D eigenvalue weighted by molar-refractivity contribution is 5.91. The molecule has 0 aromatic rings. The Bertz CT molecular complexity index is 461. The van der Waals surface area contributed by atoms with E-state index >= 15 is 0 Å². The molecule has 1 N–H and O–H groups in total. The zero-order chi connectivity index (χ0) is 13.7. The van der Waals surface area contributed by atoms with Crippen LogP contribution in [-0.4, -0.2) is 24.8 Å². The first-order valence-corrected chi connectivity index (χ1v) is 7.21. The molecule has 0 heterocycles. The number of hydrogen-bond donors (Lipinski definition) is 1. The average molecular weight is 262 g/mol. The quantitative estimate of drug-likeness (QED) is 0.626. The third kappa shape index (κ3) is 1.64. The van der Waals surface area contributed by atoms with Crippen LogP contribution in [0.1, 0.15) is 20.3 Å². The van der Waals surface area contributed by atoms with Crippen LogP contribution >= 0.6 is 0 Å². The van der Waals surface area contributed by atoms with Gasteiger partial charge in [0.1, 0.15) is 0 Å². The zero-order valence-corrected chi connectivity index (χ0v) is 11.8. The number of ether oxygens (including phenoxy) is 1. The highest BCUT2D eigenvalue weighted by Crippen LogP contribution is 2.61. The van der Waals surface area contributed by atoms with E-state index in [1.807, 2.05) is 0 Å². The topological polar surface area (TPSA) is 46.5 Å². The summed E-state index contributed by atoms with van der Waals surface area (Å²) in [6.07, 6.45) is 5.78. The molecule has 0 amide bonds. The number of rotatable bonds is 3. The van der Waals surface area contributed by atoms with Crippen LogP contribution in [0.5, 0.6) is 0 Å². The van der Waals surface area contributed by atoms with Gasteiger partial charge in [0.2, 0.25) is 0 Å². The second kappa shape index (κ2) is 4.48. The van der Waals surface area contributed by atoms with Crippen molar-refractivity contribution in [2.75, 3.05) is 13.7 Å². The van der Waals surface area contributed by atoms with E-state index in [4.69, 9.17) is 4.74 Å². The maximum Gasteiger partial charge on any atom is 0.334 e. The summed E-state index contributed by atoms with van der Waals surface area (Å²) >= 11 is 0. The van der Waals surface area contributed by atoms with E-state index in [-0.39, 0.29) is 18.5 Å². The van der Waals surface area contributed by atoms with E-state index in [9.17, 15) is 9.90 Å². The Morgan fingerprint density at radius 1 is 1.42 bits per heavy atom. The summed E-state index contributed by atoms with van der Waals surface area (Å²) in [6.45, 7) is 4.34. The molecule has 0 spiro atoms. The lowest BCUT2D eigenvalue weighted by atomic mass is 9.77. The standard InChI is InChI=1S/C16H22O3/c1-8(2)12-14-10-5-4-9(6-10)13(14)11(7-17)15(12)16(18)19-3/h4-5,8-11,13-14,17H,6-7H2,1-3H3/t9-,10+,11+,13+,14-/m0/s1. The second-order valence-electron chi connectivity index (χ2n) is 6.36. The van der Waals surface area contributed by atoms with Crippen molar-refractivity contribution in [3.05, 3.63) is 23.3 Å². The molecule has 1 fully saturated rings. The predicted molar refractivity (Wildman–Crippen MR) is 72.2 cm³/mol. The van der Waals surface area contributed by atoms with E-state index in [1.165, 1.54) is 19.1 Å². The number of hydrogen-bond acceptors (Lipinski definition) is 3. The first kappa shape index (κ1) is 12.9. The molecule has 0 aromatic carbocycles. The number of methoxy groups -OCH3 is 1. The molecule has 2 bridgehead atoms. The maximum atomic E-state index is 12.2. The Kier molecular flexibility index (Phi) is 3.05. The molecule has 3 aliphatic carbocycles. The normalized spacial score (nSPS) is 39.3. The van der Waals surface area contributed by atoms with Crippen LogP contribution in [-0.2, 0) is 9.53 Å². The van der Waals surface area contributed by atoms with Crippen LogP contribution in [0.25, 0.3) is 0 Å². The van der Waals surface area contributed by atoms with E-state index < -0.39 is 0 Å². The van der Waals surface area contributed by atoms with Gasteiger partial charge in [-0.1, -0.05) is 31.6 Å².